The van der Waals surface area contributed by atoms with Gasteiger partial charge in [-0.3, -0.25) is 4.79 Å². The molecule has 1 aliphatic rings. The zero-order valence-electron chi connectivity index (χ0n) is 15.8. The number of para-hydroxylation sites is 1. The van der Waals surface area contributed by atoms with E-state index >= 15 is 0 Å². The number of anilines is 2. The van der Waals surface area contributed by atoms with Crippen LogP contribution in [0, 0.1) is 0 Å². The molecule has 6 nitrogen and oxygen atoms in total. The predicted molar refractivity (Wildman–Crippen MR) is 108 cm³/mol. The van der Waals surface area contributed by atoms with Crippen LogP contribution in [-0.2, 0) is 9.84 Å². The van der Waals surface area contributed by atoms with E-state index in [1.165, 1.54) is 0 Å². The average Bonchev–Trinajstić information content (AvgIpc) is 3.01. The van der Waals surface area contributed by atoms with Crippen molar-refractivity contribution in [2.24, 2.45) is 0 Å². The van der Waals surface area contributed by atoms with Crippen molar-refractivity contribution in [3.05, 3.63) is 53.9 Å². The fourth-order valence-electron chi connectivity index (χ4n) is 3.32. The lowest BCUT2D eigenvalue weighted by Gasteiger charge is -2.25. The van der Waals surface area contributed by atoms with E-state index in [4.69, 9.17) is 0 Å². The molecule has 1 N–H and O–H groups in total. The predicted octanol–water partition coefficient (Wildman–Crippen LogP) is 3.08. The first kappa shape index (κ1) is 19.4. The number of nitrogens with zero attached hydrogens (tertiary/aromatic N) is 2. The number of hydrogen-bond donors (Lipinski definition) is 1. The third-order valence-electron chi connectivity index (χ3n) is 4.97. The number of carbonyl (C=O) groups excluding carboxylic acids is 1. The molecule has 144 valence electrons. The molecular formula is C20H25N3O3S. The second kappa shape index (κ2) is 7.68. The molecule has 27 heavy (non-hydrogen) atoms. The summed E-state index contributed by atoms with van der Waals surface area (Å²) in [5.41, 5.74) is 2.99. The lowest BCUT2D eigenvalue weighted by Crippen LogP contribution is -2.32. The molecule has 2 aromatic rings. The van der Waals surface area contributed by atoms with Crippen LogP contribution >= 0.6 is 0 Å². The number of carbonyl (C=O) groups is 1. The molecule has 7 heteroatoms. The van der Waals surface area contributed by atoms with Crippen molar-refractivity contribution in [2.45, 2.75) is 32.2 Å². The van der Waals surface area contributed by atoms with Crippen molar-refractivity contribution in [1.82, 2.24) is 4.98 Å². The number of hydrogen-bond acceptors (Lipinski definition) is 5. The van der Waals surface area contributed by atoms with Crippen molar-refractivity contribution in [2.75, 3.05) is 28.8 Å². The van der Waals surface area contributed by atoms with Crippen LogP contribution in [0.5, 0.6) is 0 Å². The lowest BCUT2D eigenvalue weighted by molar-refractivity contribution is 0.102. The summed E-state index contributed by atoms with van der Waals surface area (Å²) in [6, 6.07) is 11.2. The van der Waals surface area contributed by atoms with E-state index in [-0.39, 0.29) is 23.5 Å². The van der Waals surface area contributed by atoms with Crippen molar-refractivity contribution in [3.8, 4) is 0 Å². The Morgan fingerprint density at radius 3 is 2.56 bits per heavy atom. The molecule has 1 unspecified atom stereocenters. The maximum absolute atomic E-state index is 12.5. The van der Waals surface area contributed by atoms with Crippen molar-refractivity contribution in [3.63, 3.8) is 0 Å². The molecule has 1 amide bonds. The molecule has 2 heterocycles. The lowest BCUT2D eigenvalue weighted by atomic mass is 10.0. The Labute approximate surface area is 160 Å². The van der Waals surface area contributed by atoms with Gasteiger partial charge in [0.2, 0.25) is 0 Å². The van der Waals surface area contributed by atoms with Gasteiger partial charge in [0.05, 0.1) is 23.4 Å². The number of sulfone groups is 1. The van der Waals surface area contributed by atoms with Crippen molar-refractivity contribution in [1.29, 1.82) is 0 Å². The van der Waals surface area contributed by atoms with Gasteiger partial charge in [-0.25, -0.2) is 13.4 Å². The number of nitrogens with one attached hydrogen (secondary N) is 1. The van der Waals surface area contributed by atoms with Crippen LogP contribution < -0.4 is 10.2 Å². The largest absolute Gasteiger partial charge is 0.369 e. The minimum atomic E-state index is -2.94. The summed E-state index contributed by atoms with van der Waals surface area (Å²) < 4.78 is 23.3. The van der Waals surface area contributed by atoms with Crippen LogP contribution in [0.3, 0.4) is 0 Å². The van der Waals surface area contributed by atoms with E-state index in [2.05, 4.69) is 24.1 Å². The maximum Gasteiger partial charge on any atom is 0.274 e. The Bertz CT molecular complexity index is 924. The Morgan fingerprint density at radius 1 is 1.22 bits per heavy atom. The smallest absolute Gasteiger partial charge is 0.274 e. The van der Waals surface area contributed by atoms with E-state index in [9.17, 15) is 13.2 Å². The third-order valence-corrected chi connectivity index (χ3v) is 6.73. The summed E-state index contributed by atoms with van der Waals surface area (Å²) in [5.74, 6) is 0.428. The second-order valence-electron chi connectivity index (χ2n) is 7.27. The normalized spacial score (nSPS) is 18.4. The molecule has 1 aromatic carbocycles. The summed E-state index contributed by atoms with van der Waals surface area (Å²) in [6.07, 6.45) is 2.24. The topological polar surface area (TPSA) is 79.4 Å². The average molecular weight is 388 g/mol. The van der Waals surface area contributed by atoms with Crippen LogP contribution in [0.25, 0.3) is 0 Å². The summed E-state index contributed by atoms with van der Waals surface area (Å²) in [6.45, 7) is 4.16. The van der Waals surface area contributed by atoms with Gasteiger partial charge < -0.3 is 10.2 Å². The number of pyridine rings is 1. The summed E-state index contributed by atoms with van der Waals surface area (Å²) in [7, 11) is -1.08. The highest BCUT2D eigenvalue weighted by Gasteiger charge is 2.31. The number of amides is 1. The van der Waals surface area contributed by atoms with Crippen LogP contribution in [0.4, 0.5) is 11.4 Å². The molecule has 0 saturated carbocycles. The number of rotatable bonds is 5. The standard InChI is InChI=1S/C20H25N3O3S/c1-14(2)17-6-4-5-7-18(17)22-20(24)19-9-8-15(12-21-19)23(3)16-10-11-27(25,26)13-16/h4-9,12,14,16H,10-11,13H2,1-3H3,(H,22,24). The Kier molecular flexibility index (Phi) is 5.51. The minimum absolute atomic E-state index is 0.0469. The van der Waals surface area contributed by atoms with Crippen LogP contribution in [0.2, 0.25) is 0 Å². The summed E-state index contributed by atoms with van der Waals surface area (Å²) in [4.78, 5) is 18.7. The van der Waals surface area contributed by atoms with Crippen molar-refractivity contribution < 1.29 is 13.2 Å². The third kappa shape index (κ3) is 4.47. The van der Waals surface area contributed by atoms with Gasteiger partial charge in [-0.05, 0) is 36.1 Å². The molecule has 0 bridgehead atoms. The molecule has 1 fully saturated rings. The Hall–Kier alpha value is -2.41. The van der Waals surface area contributed by atoms with Gasteiger partial charge in [0.1, 0.15) is 5.69 Å². The first-order chi connectivity index (χ1) is 12.8. The van der Waals surface area contributed by atoms with E-state index in [0.29, 0.717) is 18.0 Å². The highest BCUT2D eigenvalue weighted by atomic mass is 32.2. The molecule has 0 aliphatic carbocycles. The Morgan fingerprint density at radius 2 is 1.96 bits per heavy atom. The zero-order chi connectivity index (χ0) is 19.6. The summed E-state index contributed by atoms with van der Waals surface area (Å²) >= 11 is 0. The molecular weight excluding hydrogens is 362 g/mol. The SMILES string of the molecule is CC(C)c1ccccc1NC(=O)c1ccc(N(C)C2CCS(=O)(=O)C2)cn1. The van der Waals surface area contributed by atoms with Gasteiger partial charge in [-0.15, -0.1) is 0 Å². The molecule has 3 rings (SSSR count). The van der Waals surface area contributed by atoms with Gasteiger partial charge in [-0.2, -0.15) is 0 Å². The van der Waals surface area contributed by atoms with Gasteiger partial charge in [0.15, 0.2) is 9.84 Å². The quantitative estimate of drug-likeness (QED) is 0.853. The molecule has 0 radical (unpaired) electrons. The van der Waals surface area contributed by atoms with Crippen LogP contribution in [0.15, 0.2) is 42.6 Å². The van der Waals surface area contributed by atoms with Gasteiger partial charge >= 0.3 is 0 Å². The molecule has 1 atom stereocenters. The molecule has 0 spiro atoms. The highest BCUT2D eigenvalue weighted by molar-refractivity contribution is 7.91. The van der Waals surface area contributed by atoms with Crippen molar-refractivity contribution >= 4 is 27.1 Å². The van der Waals surface area contributed by atoms with Gasteiger partial charge in [-0.1, -0.05) is 32.0 Å². The second-order valence-corrected chi connectivity index (χ2v) is 9.49. The van der Waals surface area contributed by atoms with Gasteiger partial charge in [0, 0.05) is 18.8 Å². The number of aromatic nitrogens is 1. The van der Waals surface area contributed by atoms with Crippen LogP contribution in [-0.4, -0.2) is 43.9 Å². The van der Waals surface area contributed by atoms with E-state index in [0.717, 1.165) is 16.9 Å². The number of benzene rings is 1. The highest BCUT2D eigenvalue weighted by Crippen LogP contribution is 2.25. The molecule has 1 saturated heterocycles. The van der Waals surface area contributed by atoms with Gasteiger partial charge in [0.25, 0.3) is 5.91 Å². The summed E-state index contributed by atoms with van der Waals surface area (Å²) in [5, 5.41) is 2.93. The fraction of sp³-hybridized carbons (Fsp3) is 0.400. The fourth-order valence-corrected chi connectivity index (χ4v) is 5.10. The molecule has 1 aliphatic heterocycles. The van der Waals surface area contributed by atoms with E-state index < -0.39 is 9.84 Å². The minimum Gasteiger partial charge on any atom is -0.369 e. The molecule has 1 aromatic heterocycles. The maximum atomic E-state index is 12.5. The van der Waals surface area contributed by atoms with E-state index in [1.807, 2.05) is 36.2 Å². The first-order valence-electron chi connectivity index (χ1n) is 9.06. The Balaban J connectivity index is 1.71. The monoisotopic (exact) mass is 387 g/mol. The van der Waals surface area contributed by atoms with E-state index in [1.54, 1.807) is 18.3 Å². The first-order valence-corrected chi connectivity index (χ1v) is 10.9. The van der Waals surface area contributed by atoms with Crippen LogP contribution in [0.1, 0.15) is 42.2 Å². The zero-order valence-corrected chi connectivity index (χ0v) is 16.7.